The van der Waals surface area contributed by atoms with E-state index in [0.29, 0.717) is 11.6 Å². The molecule has 0 N–H and O–H groups in total. The van der Waals surface area contributed by atoms with Crippen LogP contribution in [0.3, 0.4) is 0 Å². The Hall–Kier alpha value is -3.71. The van der Waals surface area contributed by atoms with E-state index in [-0.39, 0.29) is 16.9 Å². The van der Waals surface area contributed by atoms with Gasteiger partial charge in [0.1, 0.15) is 18.4 Å². The molecule has 3 rings (SSSR count). The molecule has 164 valence electrons. The molecule has 0 aliphatic heterocycles. The maximum Gasteiger partial charge on any atom is 0.302 e. The van der Waals surface area contributed by atoms with Gasteiger partial charge in [-0.25, -0.2) is 4.98 Å². The van der Waals surface area contributed by atoms with E-state index in [1.165, 1.54) is 12.3 Å². The summed E-state index contributed by atoms with van der Waals surface area (Å²) in [4.78, 5) is 14.8. The summed E-state index contributed by atoms with van der Waals surface area (Å²) < 4.78 is 35.0. The van der Waals surface area contributed by atoms with Crippen molar-refractivity contribution in [3.63, 3.8) is 0 Å². The molecule has 0 amide bonds. The van der Waals surface area contributed by atoms with Gasteiger partial charge in [-0.1, -0.05) is 67.2 Å². The second-order valence-corrected chi connectivity index (χ2v) is 7.24. The maximum absolute atomic E-state index is 14.7. The van der Waals surface area contributed by atoms with Gasteiger partial charge in [-0.15, -0.1) is 0 Å². The number of nitro groups is 1. The molecule has 0 saturated heterocycles. The van der Waals surface area contributed by atoms with E-state index >= 15 is 0 Å². The highest BCUT2D eigenvalue weighted by Gasteiger charge is 2.29. The van der Waals surface area contributed by atoms with E-state index in [1.54, 1.807) is 6.92 Å². The Bertz CT molecular complexity index is 1080. The van der Waals surface area contributed by atoms with Gasteiger partial charge in [-0.2, -0.15) is 8.78 Å². The number of rotatable bonds is 9. The molecular formula is C25H22F2N2O3. The van der Waals surface area contributed by atoms with Crippen LogP contribution in [0.15, 0.2) is 85.6 Å². The molecule has 0 bridgehead atoms. The number of pyridine rings is 1. The number of hydrogen-bond donors (Lipinski definition) is 0. The number of hydrogen-bond acceptors (Lipinski definition) is 4. The van der Waals surface area contributed by atoms with Crippen molar-refractivity contribution in [1.29, 1.82) is 0 Å². The van der Waals surface area contributed by atoms with Crippen molar-refractivity contribution in [2.45, 2.75) is 19.0 Å². The smallest absolute Gasteiger partial charge is 0.302 e. The third-order valence-electron chi connectivity index (χ3n) is 4.70. The predicted molar refractivity (Wildman–Crippen MR) is 120 cm³/mol. The molecule has 0 spiro atoms. The van der Waals surface area contributed by atoms with Crippen molar-refractivity contribution in [3.8, 4) is 0 Å². The van der Waals surface area contributed by atoms with Gasteiger partial charge in [0, 0.05) is 6.20 Å². The topological polar surface area (TPSA) is 65.3 Å². The Morgan fingerprint density at radius 2 is 1.69 bits per heavy atom. The lowest BCUT2D eigenvalue weighted by Crippen LogP contribution is -2.23. The predicted octanol–water partition coefficient (Wildman–Crippen LogP) is 6.48. The van der Waals surface area contributed by atoms with E-state index < -0.39 is 23.6 Å². The molecule has 2 aromatic carbocycles. The molecule has 0 fully saturated rings. The van der Waals surface area contributed by atoms with Gasteiger partial charge in [0.2, 0.25) is 0 Å². The third-order valence-corrected chi connectivity index (χ3v) is 4.70. The molecule has 1 heterocycles. The summed E-state index contributed by atoms with van der Waals surface area (Å²) in [6.45, 7) is 4.34. The van der Waals surface area contributed by atoms with Crippen molar-refractivity contribution in [2.24, 2.45) is 0 Å². The van der Waals surface area contributed by atoms with Crippen LogP contribution in [-0.4, -0.2) is 22.4 Å². The van der Waals surface area contributed by atoms with Crippen LogP contribution in [0, 0.1) is 10.1 Å². The Morgan fingerprint density at radius 3 is 2.19 bits per heavy atom. The Balaban J connectivity index is 1.83. The fourth-order valence-corrected chi connectivity index (χ4v) is 3.20. The summed E-state index contributed by atoms with van der Waals surface area (Å²) in [5, 5.41) is 11.5. The van der Waals surface area contributed by atoms with Crippen LogP contribution in [-0.2, 0) is 4.74 Å². The number of allylic oxidation sites excluding steroid dienone is 1. The molecule has 0 aliphatic rings. The first-order valence-corrected chi connectivity index (χ1v) is 9.86. The van der Waals surface area contributed by atoms with Crippen LogP contribution < -0.4 is 0 Å². The van der Waals surface area contributed by atoms with Crippen molar-refractivity contribution in [1.82, 2.24) is 4.98 Å². The van der Waals surface area contributed by atoms with Crippen LogP contribution >= 0.6 is 0 Å². The number of alkyl halides is 2. The molecule has 0 unspecified atom stereocenters. The highest BCUT2D eigenvalue weighted by atomic mass is 19.3. The summed E-state index contributed by atoms with van der Waals surface area (Å²) in [7, 11) is 0. The highest BCUT2D eigenvalue weighted by molar-refractivity contribution is 5.73. The van der Waals surface area contributed by atoms with Crippen molar-refractivity contribution >= 4 is 17.3 Å². The zero-order valence-corrected chi connectivity index (χ0v) is 17.4. The van der Waals surface area contributed by atoms with Crippen molar-refractivity contribution in [2.75, 3.05) is 6.61 Å². The number of nitrogens with zero attached hydrogens (tertiary/aromatic N) is 2. The average Bonchev–Trinajstić information content (AvgIpc) is 2.79. The number of benzene rings is 2. The van der Waals surface area contributed by atoms with Crippen LogP contribution in [0.2, 0.25) is 0 Å². The summed E-state index contributed by atoms with van der Waals surface area (Å²) in [5.41, 5.74) is 1.58. The second kappa shape index (κ2) is 10.1. The third kappa shape index (κ3) is 5.70. The molecule has 0 aliphatic carbocycles. The monoisotopic (exact) mass is 436 g/mol. The van der Waals surface area contributed by atoms with Crippen LogP contribution in [0.25, 0.3) is 11.6 Å². The van der Waals surface area contributed by atoms with Gasteiger partial charge >= 0.3 is 5.69 Å². The van der Waals surface area contributed by atoms with Crippen molar-refractivity contribution in [3.05, 3.63) is 118 Å². The summed E-state index contributed by atoms with van der Waals surface area (Å²) in [6.07, 6.45) is 2.29. The largest absolute Gasteiger partial charge is 0.362 e. The van der Waals surface area contributed by atoms with Gasteiger partial charge in [-0.3, -0.25) is 10.1 Å². The lowest BCUT2D eigenvalue weighted by molar-refractivity contribution is -0.385. The van der Waals surface area contributed by atoms with E-state index in [4.69, 9.17) is 4.74 Å². The molecule has 1 aromatic heterocycles. The minimum absolute atomic E-state index is 0.0188. The van der Waals surface area contributed by atoms with E-state index in [0.717, 1.165) is 17.2 Å². The summed E-state index contributed by atoms with van der Waals surface area (Å²) in [5.74, 6) is -3.36. The van der Waals surface area contributed by atoms with Gasteiger partial charge in [-0.05, 0) is 41.8 Å². The van der Waals surface area contributed by atoms with Crippen LogP contribution in [0.4, 0.5) is 14.5 Å². The standard InChI is InChI=1S/C25H22F2N2O3/c1-18(2)22-23(29(30)31)19(14-16-28-22)13-15-25(26,27)17-32-24(20-9-5-3-6-10-20)21-11-7-4-8-12-21/h3-16,24H,1,17H2,2H3/b15-13+. The molecule has 32 heavy (non-hydrogen) atoms. The van der Waals surface area contributed by atoms with Gasteiger partial charge < -0.3 is 4.74 Å². The van der Waals surface area contributed by atoms with E-state index in [2.05, 4.69) is 11.6 Å². The van der Waals surface area contributed by atoms with Crippen LogP contribution in [0.1, 0.15) is 35.4 Å². The zero-order valence-electron chi connectivity index (χ0n) is 17.4. The molecule has 0 radical (unpaired) electrons. The lowest BCUT2D eigenvalue weighted by Gasteiger charge is -2.21. The van der Waals surface area contributed by atoms with Crippen molar-refractivity contribution < 1.29 is 18.4 Å². The quantitative estimate of drug-likeness (QED) is 0.285. The molecule has 5 nitrogen and oxygen atoms in total. The minimum Gasteiger partial charge on any atom is -0.362 e. The van der Waals surface area contributed by atoms with Gasteiger partial charge in [0.15, 0.2) is 0 Å². The first kappa shape index (κ1) is 23.0. The Morgan fingerprint density at radius 1 is 1.12 bits per heavy atom. The lowest BCUT2D eigenvalue weighted by atomic mass is 10.0. The number of aromatic nitrogens is 1. The normalized spacial score (nSPS) is 11.8. The minimum atomic E-state index is -3.36. The molecule has 7 heteroatoms. The average molecular weight is 436 g/mol. The first-order valence-electron chi connectivity index (χ1n) is 9.86. The van der Waals surface area contributed by atoms with Crippen LogP contribution in [0.5, 0.6) is 0 Å². The number of halogens is 2. The van der Waals surface area contributed by atoms with E-state index in [9.17, 15) is 18.9 Å². The molecular weight excluding hydrogens is 414 g/mol. The van der Waals surface area contributed by atoms with E-state index in [1.807, 2.05) is 60.7 Å². The summed E-state index contributed by atoms with van der Waals surface area (Å²) in [6, 6.07) is 19.5. The fourth-order valence-electron chi connectivity index (χ4n) is 3.20. The van der Waals surface area contributed by atoms with Gasteiger partial charge in [0.25, 0.3) is 5.92 Å². The van der Waals surface area contributed by atoms with Gasteiger partial charge in [0.05, 0.1) is 10.5 Å². The molecule has 0 saturated carbocycles. The zero-order chi connectivity index (χ0) is 23.1. The molecule has 0 atom stereocenters. The second-order valence-electron chi connectivity index (χ2n) is 7.24. The first-order chi connectivity index (χ1) is 15.3. The molecule has 3 aromatic rings. The maximum atomic E-state index is 14.7. The Labute approximate surface area is 184 Å². The highest BCUT2D eigenvalue weighted by Crippen LogP contribution is 2.31. The number of ether oxygens (including phenoxy) is 1. The fraction of sp³-hybridized carbons (Fsp3) is 0.160. The summed E-state index contributed by atoms with van der Waals surface area (Å²) >= 11 is 0. The SMILES string of the molecule is C=C(C)c1nccc(/C=C/C(F)(F)COC(c2ccccc2)c2ccccc2)c1[N+](=O)[O-]. The Kier molecular flexibility index (Phi) is 7.22.